The Kier molecular flexibility index (Phi) is 3.88. The molecular weight excluding hydrogens is 324 g/mol. The maximum absolute atomic E-state index is 13.3. The molecule has 0 spiro atoms. The summed E-state index contributed by atoms with van der Waals surface area (Å²) in [5, 5.41) is 0. The van der Waals surface area contributed by atoms with Crippen LogP contribution in [0.25, 0.3) is 0 Å². The van der Waals surface area contributed by atoms with Crippen LogP contribution in [0.1, 0.15) is 40.7 Å². The number of hydrogen-bond donors (Lipinski definition) is 0. The van der Waals surface area contributed by atoms with Crippen molar-refractivity contribution < 1.29 is 4.79 Å². The van der Waals surface area contributed by atoms with E-state index < -0.39 is 0 Å². The van der Waals surface area contributed by atoms with Gasteiger partial charge < -0.3 is 9.80 Å². The van der Waals surface area contributed by atoms with Gasteiger partial charge in [0.2, 0.25) is 5.95 Å². The Morgan fingerprint density at radius 3 is 2.73 bits per heavy atom. The molecule has 4 heterocycles. The second-order valence-electron chi connectivity index (χ2n) is 7.85. The van der Waals surface area contributed by atoms with Crippen LogP contribution in [0.4, 0.5) is 5.95 Å². The normalized spacial score (nSPS) is 24.5. The Labute approximate surface area is 154 Å². The first-order chi connectivity index (χ1) is 12.8. The van der Waals surface area contributed by atoms with Crippen LogP contribution in [-0.4, -0.2) is 46.5 Å². The van der Waals surface area contributed by atoms with Crippen LogP contribution in [-0.2, 0) is 12.8 Å². The molecule has 4 aliphatic rings. The molecule has 1 aromatic heterocycles. The van der Waals surface area contributed by atoms with Gasteiger partial charge in [-0.05, 0) is 67.3 Å². The molecular formula is C21H24N4O. The Balaban J connectivity index is 1.39. The number of nitrogens with zero attached hydrogens (tertiary/aromatic N) is 4. The molecule has 6 rings (SSSR count). The number of amides is 1. The molecule has 3 saturated heterocycles. The number of anilines is 1. The molecule has 3 fully saturated rings. The summed E-state index contributed by atoms with van der Waals surface area (Å²) in [4.78, 5) is 26.5. The van der Waals surface area contributed by atoms with Gasteiger partial charge in [0.05, 0.1) is 0 Å². The second-order valence-corrected chi connectivity index (χ2v) is 7.85. The molecule has 134 valence electrons. The molecule has 0 N–H and O–H groups in total. The quantitative estimate of drug-likeness (QED) is 0.837. The van der Waals surface area contributed by atoms with Gasteiger partial charge >= 0.3 is 0 Å². The van der Waals surface area contributed by atoms with Gasteiger partial charge in [-0.3, -0.25) is 4.79 Å². The topological polar surface area (TPSA) is 49.3 Å². The van der Waals surface area contributed by atoms with Crippen LogP contribution < -0.4 is 4.90 Å². The smallest absolute Gasteiger partial charge is 0.254 e. The van der Waals surface area contributed by atoms with Gasteiger partial charge in [0.15, 0.2) is 0 Å². The van der Waals surface area contributed by atoms with Crippen LogP contribution in [0.5, 0.6) is 0 Å². The Morgan fingerprint density at radius 1 is 1.00 bits per heavy atom. The van der Waals surface area contributed by atoms with E-state index in [4.69, 9.17) is 0 Å². The minimum atomic E-state index is 0.199. The lowest BCUT2D eigenvalue weighted by molar-refractivity contribution is 0.0592. The predicted octanol–water partition coefficient (Wildman–Crippen LogP) is 2.71. The molecule has 26 heavy (non-hydrogen) atoms. The monoisotopic (exact) mass is 348 g/mol. The van der Waals surface area contributed by atoms with E-state index in [9.17, 15) is 4.79 Å². The van der Waals surface area contributed by atoms with Crippen molar-refractivity contribution in [2.24, 2.45) is 5.92 Å². The van der Waals surface area contributed by atoms with Gasteiger partial charge in [0, 0.05) is 43.6 Å². The van der Waals surface area contributed by atoms with Crippen LogP contribution in [0.2, 0.25) is 0 Å². The molecule has 5 heteroatoms. The van der Waals surface area contributed by atoms with E-state index >= 15 is 0 Å². The Hall–Kier alpha value is -2.43. The van der Waals surface area contributed by atoms with Crippen molar-refractivity contribution in [3.05, 3.63) is 53.3 Å². The maximum atomic E-state index is 13.3. The van der Waals surface area contributed by atoms with Crippen molar-refractivity contribution in [1.29, 1.82) is 0 Å². The highest BCUT2D eigenvalue weighted by Gasteiger charge is 2.38. The minimum absolute atomic E-state index is 0.199. The van der Waals surface area contributed by atoms with Gasteiger partial charge in [-0.25, -0.2) is 9.97 Å². The third-order valence-electron chi connectivity index (χ3n) is 6.15. The largest absolute Gasteiger partial charge is 0.338 e. The van der Waals surface area contributed by atoms with Crippen molar-refractivity contribution in [1.82, 2.24) is 14.9 Å². The van der Waals surface area contributed by atoms with E-state index in [-0.39, 0.29) is 11.9 Å². The lowest BCUT2D eigenvalue weighted by atomic mass is 9.94. The molecule has 0 radical (unpaired) electrons. The highest BCUT2D eigenvalue weighted by molar-refractivity contribution is 5.95. The predicted molar refractivity (Wildman–Crippen MR) is 100 cm³/mol. The number of aryl methyl sites for hydroxylation is 2. The summed E-state index contributed by atoms with van der Waals surface area (Å²) >= 11 is 0. The molecule has 0 unspecified atom stereocenters. The average molecular weight is 348 g/mol. The molecule has 3 aliphatic heterocycles. The van der Waals surface area contributed by atoms with E-state index in [0.29, 0.717) is 5.92 Å². The molecule has 1 aromatic carbocycles. The Morgan fingerprint density at radius 2 is 1.85 bits per heavy atom. The lowest BCUT2D eigenvalue weighted by Crippen LogP contribution is -2.47. The first kappa shape index (κ1) is 15.8. The van der Waals surface area contributed by atoms with Crippen LogP contribution in [0.15, 0.2) is 36.7 Å². The fraction of sp³-hybridized carbons (Fsp3) is 0.476. The third-order valence-corrected chi connectivity index (χ3v) is 6.15. The number of carbonyl (C=O) groups is 1. The first-order valence-corrected chi connectivity index (χ1v) is 9.72. The summed E-state index contributed by atoms with van der Waals surface area (Å²) in [5.41, 5.74) is 3.65. The fourth-order valence-electron chi connectivity index (χ4n) is 4.82. The molecule has 2 bridgehead atoms. The number of hydrogen-bond acceptors (Lipinski definition) is 4. The average Bonchev–Trinajstić information content (AvgIpc) is 2.97. The van der Waals surface area contributed by atoms with Crippen molar-refractivity contribution in [3.8, 4) is 0 Å². The SMILES string of the molecule is O=C(c1ccc2c(c1)CCC2)N1C[C@H]2CC[C@@H]1CN(c1ncccn1)C2. The van der Waals surface area contributed by atoms with E-state index in [1.165, 1.54) is 24.0 Å². The standard InChI is InChI=1S/C21H24N4O/c26-20(18-7-6-16-3-1-4-17(16)11-18)25-13-15-5-8-19(25)14-24(12-15)21-22-9-2-10-23-21/h2,6-7,9-11,15,19H,1,3-5,8,12-14H2/t15-,19+/m0/s1. The molecule has 1 aliphatic carbocycles. The number of benzene rings is 1. The third kappa shape index (κ3) is 2.75. The van der Waals surface area contributed by atoms with E-state index in [1.54, 1.807) is 12.4 Å². The van der Waals surface area contributed by atoms with Gasteiger partial charge in [-0.15, -0.1) is 0 Å². The second kappa shape index (κ2) is 6.38. The highest BCUT2D eigenvalue weighted by Crippen LogP contribution is 2.31. The number of rotatable bonds is 2. The summed E-state index contributed by atoms with van der Waals surface area (Å²) in [6.45, 7) is 2.62. The number of aromatic nitrogens is 2. The zero-order chi connectivity index (χ0) is 17.5. The zero-order valence-corrected chi connectivity index (χ0v) is 15.0. The zero-order valence-electron chi connectivity index (χ0n) is 15.0. The lowest BCUT2D eigenvalue weighted by Gasteiger charge is -2.36. The summed E-state index contributed by atoms with van der Waals surface area (Å²) in [6.07, 6.45) is 9.33. The first-order valence-electron chi connectivity index (χ1n) is 9.72. The van der Waals surface area contributed by atoms with Gasteiger partial charge in [0.25, 0.3) is 5.91 Å². The minimum Gasteiger partial charge on any atom is -0.338 e. The molecule has 1 amide bonds. The number of carbonyl (C=O) groups excluding carboxylic acids is 1. The summed E-state index contributed by atoms with van der Waals surface area (Å²) < 4.78 is 0. The Bertz CT molecular complexity index is 822. The van der Waals surface area contributed by atoms with Crippen LogP contribution in [0, 0.1) is 5.92 Å². The van der Waals surface area contributed by atoms with Crippen LogP contribution >= 0.6 is 0 Å². The van der Waals surface area contributed by atoms with Gasteiger partial charge in [0.1, 0.15) is 0 Å². The highest BCUT2D eigenvalue weighted by atomic mass is 16.2. The van der Waals surface area contributed by atoms with Crippen molar-refractivity contribution >= 4 is 11.9 Å². The summed E-state index contributed by atoms with van der Waals surface area (Å²) in [7, 11) is 0. The molecule has 5 nitrogen and oxygen atoms in total. The van der Waals surface area contributed by atoms with Crippen molar-refractivity contribution in [3.63, 3.8) is 0 Å². The number of fused-ring (bicyclic) bond motifs is 5. The molecule has 2 atom stereocenters. The van der Waals surface area contributed by atoms with Gasteiger partial charge in [-0.1, -0.05) is 6.07 Å². The van der Waals surface area contributed by atoms with Crippen molar-refractivity contribution in [2.75, 3.05) is 24.5 Å². The number of piperidine rings is 1. The summed E-state index contributed by atoms with van der Waals surface area (Å²) in [6, 6.07) is 8.43. The van der Waals surface area contributed by atoms with Crippen molar-refractivity contribution in [2.45, 2.75) is 38.1 Å². The molecule has 2 aromatic rings. The van der Waals surface area contributed by atoms with Gasteiger partial charge in [-0.2, -0.15) is 0 Å². The summed E-state index contributed by atoms with van der Waals surface area (Å²) in [5.74, 6) is 1.48. The van der Waals surface area contributed by atoms with Crippen LogP contribution in [0.3, 0.4) is 0 Å². The van der Waals surface area contributed by atoms with E-state index in [0.717, 1.165) is 50.4 Å². The molecule has 0 saturated carbocycles. The fourth-order valence-corrected chi connectivity index (χ4v) is 4.82. The maximum Gasteiger partial charge on any atom is 0.254 e. The van der Waals surface area contributed by atoms with E-state index in [1.807, 2.05) is 12.1 Å². The van der Waals surface area contributed by atoms with E-state index in [2.05, 4.69) is 31.9 Å².